The molecule has 0 bridgehead atoms. The summed E-state index contributed by atoms with van der Waals surface area (Å²) in [6.45, 7) is 5.42. The van der Waals surface area contributed by atoms with E-state index >= 15 is 0 Å². The van der Waals surface area contributed by atoms with Crippen LogP contribution in [0.4, 0.5) is 21.9 Å². The lowest BCUT2D eigenvalue weighted by Gasteiger charge is -2.19. The van der Waals surface area contributed by atoms with E-state index in [0.717, 1.165) is 11.4 Å². The van der Waals surface area contributed by atoms with Crippen LogP contribution in [0, 0.1) is 11.3 Å². The maximum Gasteiger partial charge on any atom is 0.412 e. The van der Waals surface area contributed by atoms with Crippen LogP contribution in [0.3, 0.4) is 0 Å². The van der Waals surface area contributed by atoms with Crippen molar-refractivity contribution in [1.29, 1.82) is 5.26 Å². The van der Waals surface area contributed by atoms with E-state index in [1.807, 2.05) is 12.1 Å². The molecule has 0 unspecified atom stereocenters. The molecule has 2 rings (SSSR count). The van der Waals surface area contributed by atoms with Gasteiger partial charge in [0.1, 0.15) is 17.4 Å². The fourth-order valence-electron chi connectivity index (χ4n) is 1.83. The fourth-order valence-corrected chi connectivity index (χ4v) is 1.83. The lowest BCUT2D eigenvalue weighted by Crippen LogP contribution is -2.27. The predicted octanol–water partition coefficient (Wildman–Crippen LogP) is 4.04. The van der Waals surface area contributed by atoms with Crippen LogP contribution < -0.4 is 10.6 Å². The number of nitrogens with zero attached hydrogens (tertiary/aromatic N) is 2. The maximum absolute atomic E-state index is 11.8. The van der Waals surface area contributed by atoms with Crippen molar-refractivity contribution in [2.75, 3.05) is 10.6 Å². The van der Waals surface area contributed by atoms with Crippen LogP contribution in [0.2, 0.25) is 0 Å². The number of benzene rings is 1. The van der Waals surface area contributed by atoms with Gasteiger partial charge in [-0.2, -0.15) is 5.26 Å². The van der Waals surface area contributed by atoms with Crippen LogP contribution in [0.5, 0.6) is 0 Å². The molecule has 6 nitrogen and oxygen atoms in total. The maximum atomic E-state index is 11.8. The minimum Gasteiger partial charge on any atom is -0.444 e. The molecule has 0 fully saturated rings. The highest BCUT2D eigenvalue weighted by molar-refractivity contribution is 5.85. The Morgan fingerprint density at radius 2 is 1.87 bits per heavy atom. The van der Waals surface area contributed by atoms with E-state index in [-0.39, 0.29) is 0 Å². The first-order valence-electron chi connectivity index (χ1n) is 7.09. The molecule has 1 aromatic heterocycles. The second kappa shape index (κ2) is 6.79. The first kappa shape index (κ1) is 16.3. The van der Waals surface area contributed by atoms with Crippen molar-refractivity contribution in [3.8, 4) is 6.07 Å². The summed E-state index contributed by atoms with van der Waals surface area (Å²) < 4.78 is 5.22. The zero-order valence-electron chi connectivity index (χ0n) is 13.3. The number of aromatic nitrogens is 1. The molecule has 0 aliphatic carbocycles. The van der Waals surface area contributed by atoms with E-state index in [1.165, 1.54) is 0 Å². The van der Waals surface area contributed by atoms with Crippen LogP contribution in [0.15, 0.2) is 42.6 Å². The normalized spacial score (nSPS) is 10.5. The number of nitriles is 1. The Balaban J connectivity index is 2.08. The van der Waals surface area contributed by atoms with Gasteiger partial charge in [-0.15, -0.1) is 0 Å². The van der Waals surface area contributed by atoms with E-state index in [2.05, 4.69) is 15.6 Å². The third kappa shape index (κ3) is 5.32. The molecular weight excluding hydrogens is 292 g/mol. The van der Waals surface area contributed by atoms with Gasteiger partial charge in [-0.1, -0.05) is 6.07 Å². The minimum absolute atomic E-state index is 0.332. The molecule has 1 aromatic carbocycles. The number of amides is 1. The molecule has 0 aliphatic heterocycles. The summed E-state index contributed by atoms with van der Waals surface area (Å²) in [5.74, 6) is 0. The Labute approximate surface area is 135 Å². The Hall–Kier alpha value is -3.07. The van der Waals surface area contributed by atoms with Gasteiger partial charge in [0.05, 0.1) is 0 Å². The van der Waals surface area contributed by atoms with Crippen LogP contribution in [-0.4, -0.2) is 16.7 Å². The fraction of sp³-hybridized carbons (Fsp3) is 0.235. The Morgan fingerprint density at radius 3 is 2.57 bits per heavy atom. The van der Waals surface area contributed by atoms with Crippen LogP contribution in [0.1, 0.15) is 26.5 Å². The van der Waals surface area contributed by atoms with Gasteiger partial charge < -0.3 is 10.1 Å². The second-order valence-corrected chi connectivity index (χ2v) is 5.87. The highest BCUT2D eigenvalue weighted by Crippen LogP contribution is 2.21. The van der Waals surface area contributed by atoms with Crippen molar-refractivity contribution in [1.82, 2.24) is 4.98 Å². The third-order valence-corrected chi connectivity index (χ3v) is 2.67. The zero-order chi connectivity index (χ0) is 16.9. The molecule has 0 spiro atoms. The second-order valence-electron chi connectivity index (χ2n) is 5.87. The molecule has 6 heteroatoms. The lowest BCUT2D eigenvalue weighted by atomic mass is 10.2. The SMILES string of the molecule is CC(C)(C)OC(=O)Nc1cccc(Nc2ccnc(C#N)c2)c1. The predicted molar refractivity (Wildman–Crippen MR) is 88.5 cm³/mol. The lowest BCUT2D eigenvalue weighted by molar-refractivity contribution is 0.0636. The minimum atomic E-state index is -0.551. The summed E-state index contributed by atoms with van der Waals surface area (Å²) >= 11 is 0. The summed E-state index contributed by atoms with van der Waals surface area (Å²) in [6, 6.07) is 12.6. The van der Waals surface area contributed by atoms with Crippen molar-refractivity contribution in [2.45, 2.75) is 26.4 Å². The molecule has 0 radical (unpaired) electrons. The van der Waals surface area contributed by atoms with Gasteiger partial charge in [0.25, 0.3) is 0 Å². The average molecular weight is 310 g/mol. The highest BCUT2D eigenvalue weighted by atomic mass is 16.6. The first-order chi connectivity index (χ1) is 10.9. The number of anilines is 3. The van der Waals surface area contributed by atoms with E-state index in [4.69, 9.17) is 10.00 Å². The number of carbonyl (C=O) groups excluding carboxylic acids is 1. The smallest absolute Gasteiger partial charge is 0.412 e. The molecule has 23 heavy (non-hydrogen) atoms. The van der Waals surface area contributed by atoms with Crippen molar-refractivity contribution >= 4 is 23.2 Å². The summed E-state index contributed by atoms with van der Waals surface area (Å²) in [7, 11) is 0. The molecule has 118 valence electrons. The van der Waals surface area contributed by atoms with Crippen LogP contribution in [0.25, 0.3) is 0 Å². The van der Waals surface area contributed by atoms with Gasteiger partial charge in [-0.05, 0) is 51.1 Å². The topological polar surface area (TPSA) is 87.0 Å². The number of pyridine rings is 1. The zero-order valence-corrected chi connectivity index (χ0v) is 13.3. The number of nitrogens with one attached hydrogen (secondary N) is 2. The highest BCUT2D eigenvalue weighted by Gasteiger charge is 2.16. The number of hydrogen-bond acceptors (Lipinski definition) is 5. The number of hydrogen-bond donors (Lipinski definition) is 2. The van der Waals surface area contributed by atoms with Crippen molar-refractivity contribution in [3.63, 3.8) is 0 Å². The molecule has 2 N–H and O–H groups in total. The molecular formula is C17H18N4O2. The third-order valence-electron chi connectivity index (χ3n) is 2.67. The van der Waals surface area contributed by atoms with Crippen molar-refractivity contribution in [2.24, 2.45) is 0 Å². The monoisotopic (exact) mass is 310 g/mol. The Morgan fingerprint density at radius 1 is 1.17 bits per heavy atom. The molecule has 1 heterocycles. The number of rotatable bonds is 3. The van der Waals surface area contributed by atoms with E-state index < -0.39 is 11.7 Å². The molecule has 2 aromatic rings. The summed E-state index contributed by atoms with van der Waals surface area (Å²) in [5.41, 5.74) is 1.90. The van der Waals surface area contributed by atoms with Gasteiger partial charge in [-0.25, -0.2) is 9.78 Å². The number of carbonyl (C=O) groups is 1. The first-order valence-corrected chi connectivity index (χ1v) is 7.09. The Bertz CT molecular complexity index is 745. The van der Waals surface area contributed by atoms with Gasteiger partial charge >= 0.3 is 6.09 Å². The largest absolute Gasteiger partial charge is 0.444 e. The quantitative estimate of drug-likeness (QED) is 0.893. The van der Waals surface area contributed by atoms with Gasteiger partial charge in [0.2, 0.25) is 0 Å². The van der Waals surface area contributed by atoms with E-state index in [9.17, 15) is 4.79 Å². The van der Waals surface area contributed by atoms with E-state index in [0.29, 0.717) is 11.4 Å². The summed E-state index contributed by atoms with van der Waals surface area (Å²) in [6.07, 6.45) is 1.05. The number of ether oxygens (including phenoxy) is 1. The van der Waals surface area contributed by atoms with Crippen LogP contribution >= 0.6 is 0 Å². The van der Waals surface area contributed by atoms with E-state index in [1.54, 1.807) is 57.3 Å². The standard InChI is InChI=1S/C17H18N4O2/c1-17(2,3)23-16(22)21-13-6-4-5-12(9-13)20-14-7-8-19-15(10-14)11-18/h4-10H,1-3H3,(H,19,20)(H,21,22). The molecule has 1 amide bonds. The van der Waals surface area contributed by atoms with Gasteiger partial charge in [0, 0.05) is 23.3 Å². The summed E-state index contributed by atoms with van der Waals surface area (Å²) in [5, 5.41) is 14.7. The summed E-state index contributed by atoms with van der Waals surface area (Å²) in [4.78, 5) is 15.7. The molecule has 0 atom stereocenters. The average Bonchev–Trinajstić information content (AvgIpc) is 2.45. The van der Waals surface area contributed by atoms with Crippen molar-refractivity contribution < 1.29 is 9.53 Å². The molecule has 0 aliphatic rings. The molecule has 0 saturated heterocycles. The van der Waals surface area contributed by atoms with Crippen molar-refractivity contribution in [3.05, 3.63) is 48.3 Å². The van der Waals surface area contributed by atoms with Crippen LogP contribution in [-0.2, 0) is 4.74 Å². The van der Waals surface area contributed by atoms with Gasteiger partial charge in [0.15, 0.2) is 0 Å². The molecule has 0 saturated carbocycles. The Kier molecular flexibility index (Phi) is 4.82. The van der Waals surface area contributed by atoms with Gasteiger partial charge in [-0.3, -0.25) is 5.32 Å².